The van der Waals surface area contributed by atoms with Gasteiger partial charge in [0.2, 0.25) is 0 Å². The van der Waals surface area contributed by atoms with Crippen LogP contribution in [0, 0.1) is 5.92 Å². The third-order valence-corrected chi connectivity index (χ3v) is 1.72. The predicted octanol–water partition coefficient (Wildman–Crippen LogP) is 1.02. The van der Waals surface area contributed by atoms with Gasteiger partial charge in [-0.3, -0.25) is 0 Å². The van der Waals surface area contributed by atoms with Gasteiger partial charge in [-0.2, -0.15) is 0 Å². The van der Waals surface area contributed by atoms with Crippen LogP contribution < -0.4 is 5.48 Å². The predicted molar refractivity (Wildman–Crippen MR) is 37.8 cm³/mol. The molecular formula is C7H13NO2. The van der Waals surface area contributed by atoms with Crippen LogP contribution in [-0.4, -0.2) is 12.5 Å². The van der Waals surface area contributed by atoms with E-state index in [9.17, 15) is 4.79 Å². The molecule has 0 aliphatic heterocycles. The van der Waals surface area contributed by atoms with Gasteiger partial charge in [0.15, 0.2) is 0 Å². The second kappa shape index (κ2) is 5.23. The van der Waals surface area contributed by atoms with Gasteiger partial charge in [0.1, 0.15) is 0 Å². The minimum atomic E-state index is 0.0754. The number of carbonyl (C=O) groups excluding carboxylic acids is 1. The minimum Gasteiger partial charge on any atom is -0.340 e. The van der Waals surface area contributed by atoms with Crippen LogP contribution in [-0.2, 0) is 9.63 Å². The van der Waals surface area contributed by atoms with Crippen molar-refractivity contribution in [3.8, 4) is 0 Å². The molecule has 3 nitrogen and oxygen atoms in total. The first-order valence-corrected chi connectivity index (χ1v) is 3.45. The SMILES string of the molecule is CCC(C)C(C)[N]O[C]=O. The number of hydroxylamine groups is 1. The Morgan fingerprint density at radius 2 is 2.20 bits per heavy atom. The lowest BCUT2D eigenvalue weighted by Gasteiger charge is -2.14. The number of hydrogen-bond donors (Lipinski definition) is 0. The summed E-state index contributed by atoms with van der Waals surface area (Å²) in [5, 5.41) is 0. The van der Waals surface area contributed by atoms with E-state index in [1.54, 1.807) is 0 Å². The molecular weight excluding hydrogens is 130 g/mol. The maximum Gasteiger partial charge on any atom is 0.439 e. The van der Waals surface area contributed by atoms with Crippen molar-refractivity contribution in [3.05, 3.63) is 0 Å². The van der Waals surface area contributed by atoms with E-state index in [1.807, 2.05) is 6.92 Å². The molecule has 0 aromatic heterocycles. The molecule has 10 heavy (non-hydrogen) atoms. The second-order valence-corrected chi connectivity index (χ2v) is 2.41. The molecule has 0 amide bonds. The molecule has 0 fully saturated rings. The van der Waals surface area contributed by atoms with Crippen LogP contribution in [0.15, 0.2) is 0 Å². The highest BCUT2D eigenvalue weighted by molar-refractivity contribution is 5.37. The topological polar surface area (TPSA) is 40.4 Å². The molecule has 3 heteroatoms. The molecule has 0 aromatic carbocycles. The van der Waals surface area contributed by atoms with Gasteiger partial charge >= 0.3 is 6.47 Å². The summed E-state index contributed by atoms with van der Waals surface area (Å²) >= 11 is 0. The molecule has 58 valence electrons. The quantitative estimate of drug-likeness (QED) is 0.539. The van der Waals surface area contributed by atoms with E-state index in [1.165, 1.54) is 6.47 Å². The van der Waals surface area contributed by atoms with E-state index >= 15 is 0 Å². The molecule has 0 heterocycles. The molecule has 0 rings (SSSR count). The standard InChI is InChI=1S/C7H13NO2/c1-4-6(2)7(3)8-10-5-9/h6-7H,4H2,1-3H3. The minimum absolute atomic E-state index is 0.0754. The van der Waals surface area contributed by atoms with Crippen molar-refractivity contribution in [1.29, 1.82) is 0 Å². The molecule has 0 spiro atoms. The molecule has 0 aromatic rings. The fourth-order valence-corrected chi connectivity index (χ4v) is 0.550. The van der Waals surface area contributed by atoms with E-state index in [-0.39, 0.29) is 6.04 Å². The lowest BCUT2D eigenvalue weighted by atomic mass is 10.0. The van der Waals surface area contributed by atoms with Gasteiger partial charge in [0.25, 0.3) is 0 Å². The lowest BCUT2D eigenvalue weighted by molar-refractivity contribution is 0.105. The molecule has 0 aliphatic rings. The van der Waals surface area contributed by atoms with Crippen molar-refractivity contribution in [1.82, 2.24) is 5.48 Å². The Labute approximate surface area is 61.7 Å². The smallest absolute Gasteiger partial charge is 0.340 e. The third-order valence-electron chi connectivity index (χ3n) is 1.72. The average molecular weight is 143 g/mol. The average Bonchev–Trinajstić information content (AvgIpc) is 1.98. The normalized spacial score (nSPS) is 15.9. The van der Waals surface area contributed by atoms with Crippen molar-refractivity contribution >= 4 is 6.47 Å². The van der Waals surface area contributed by atoms with Gasteiger partial charge in [-0.15, -0.1) is 0 Å². The Balaban J connectivity index is 3.40. The van der Waals surface area contributed by atoms with Crippen molar-refractivity contribution in [2.75, 3.05) is 0 Å². The van der Waals surface area contributed by atoms with Crippen LogP contribution in [0.25, 0.3) is 0 Å². The van der Waals surface area contributed by atoms with Crippen molar-refractivity contribution < 1.29 is 9.63 Å². The second-order valence-electron chi connectivity index (χ2n) is 2.41. The van der Waals surface area contributed by atoms with Gasteiger partial charge in [-0.1, -0.05) is 20.3 Å². The first-order chi connectivity index (χ1) is 4.72. The number of hydrogen-bond acceptors (Lipinski definition) is 2. The summed E-state index contributed by atoms with van der Waals surface area (Å²) in [6, 6.07) is 0.0754. The molecule has 2 unspecified atom stereocenters. The Morgan fingerprint density at radius 3 is 2.60 bits per heavy atom. The zero-order valence-electron chi connectivity index (χ0n) is 6.63. The van der Waals surface area contributed by atoms with Crippen LogP contribution in [0.4, 0.5) is 0 Å². The Kier molecular flexibility index (Phi) is 4.94. The van der Waals surface area contributed by atoms with Crippen molar-refractivity contribution in [2.45, 2.75) is 33.2 Å². The zero-order chi connectivity index (χ0) is 7.98. The lowest BCUT2D eigenvalue weighted by Crippen LogP contribution is -2.25. The summed E-state index contributed by atoms with van der Waals surface area (Å²) in [4.78, 5) is 13.7. The molecule has 0 saturated heterocycles. The fourth-order valence-electron chi connectivity index (χ4n) is 0.550. The van der Waals surface area contributed by atoms with Crippen LogP contribution in [0.5, 0.6) is 0 Å². The number of nitrogens with zero attached hydrogens (tertiary/aromatic N) is 1. The van der Waals surface area contributed by atoms with Gasteiger partial charge in [0.05, 0.1) is 6.04 Å². The van der Waals surface area contributed by atoms with Crippen LogP contribution in [0.3, 0.4) is 0 Å². The molecule has 0 aliphatic carbocycles. The summed E-state index contributed by atoms with van der Waals surface area (Å²) in [6.07, 6.45) is 1.03. The third kappa shape index (κ3) is 3.45. The van der Waals surface area contributed by atoms with E-state index in [4.69, 9.17) is 0 Å². The maximum absolute atomic E-state index is 9.58. The highest BCUT2D eigenvalue weighted by atomic mass is 16.7. The Morgan fingerprint density at radius 1 is 1.60 bits per heavy atom. The first-order valence-electron chi connectivity index (χ1n) is 3.45. The van der Waals surface area contributed by atoms with Gasteiger partial charge in [0, 0.05) is 0 Å². The maximum atomic E-state index is 9.58. The van der Waals surface area contributed by atoms with Crippen LogP contribution in [0.2, 0.25) is 0 Å². The first kappa shape index (κ1) is 9.43. The van der Waals surface area contributed by atoms with E-state index < -0.39 is 0 Å². The van der Waals surface area contributed by atoms with E-state index in [2.05, 4.69) is 24.2 Å². The fraction of sp³-hybridized carbons (Fsp3) is 0.857. The van der Waals surface area contributed by atoms with Crippen molar-refractivity contribution in [3.63, 3.8) is 0 Å². The van der Waals surface area contributed by atoms with Gasteiger partial charge < -0.3 is 4.84 Å². The highest BCUT2D eigenvalue weighted by Crippen LogP contribution is 2.06. The summed E-state index contributed by atoms with van der Waals surface area (Å²) in [5.41, 5.74) is 3.59. The van der Waals surface area contributed by atoms with Crippen molar-refractivity contribution in [2.24, 2.45) is 5.92 Å². The summed E-state index contributed by atoms with van der Waals surface area (Å²) in [6.45, 7) is 7.30. The molecule has 2 radical (unpaired) electrons. The zero-order valence-corrected chi connectivity index (χ0v) is 6.63. The highest BCUT2D eigenvalue weighted by Gasteiger charge is 2.11. The van der Waals surface area contributed by atoms with Gasteiger partial charge in [-0.25, -0.2) is 4.79 Å². The number of rotatable bonds is 5. The van der Waals surface area contributed by atoms with E-state index in [0.29, 0.717) is 5.92 Å². The molecule has 0 bridgehead atoms. The summed E-state index contributed by atoms with van der Waals surface area (Å²) in [7, 11) is 0. The van der Waals surface area contributed by atoms with Crippen LogP contribution >= 0.6 is 0 Å². The summed E-state index contributed by atoms with van der Waals surface area (Å²) in [5.74, 6) is 0.452. The summed E-state index contributed by atoms with van der Waals surface area (Å²) < 4.78 is 0. The largest absolute Gasteiger partial charge is 0.439 e. The molecule has 2 atom stereocenters. The Hall–Kier alpha value is -0.570. The van der Waals surface area contributed by atoms with Crippen LogP contribution in [0.1, 0.15) is 27.2 Å². The Bertz CT molecular complexity index is 95.6. The van der Waals surface area contributed by atoms with E-state index in [0.717, 1.165) is 6.42 Å². The molecule has 0 N–H and O–H groups in total. The monoisotopic (exact) mass is 143 g/mol. The molecule has 0 saturated carbocycles. The van der Waals surface area contributed by atoms with Gasteiger partial charge in [-0.05, 0) is 18.3 Å².